The number of ether oxygens (including phenoxy) is 2. The number of aryl methyl sites for hydroxylation is 3. The Morgan fingerprint density at radius 2 is 1.62 bits per heavy atom. The molecule has 0 bridgehead atoms. The second kappa shape index (κ2) is 16.0. The van der Waals surface area contributed by atoms with Gasteiger partial charge in [0.15, 0.2) is 17.3 Å². The third-order valence-electron chi connectivity index (χ3n) is 10.5. The van der Waals surface area contributed by atoms with Gasteiger partial charge in [-0.1, -0.05) is 12.2 Å². The lowest BCUT2D eigenvalue weighted by Gasteiger charge is -2.20. The van der Waals surface area contributed by atoms with E-state index in [1.807, 2.05) is 6.07 Å². The molecular weight excluding hydrogens is 783 g/mol. The van der Waals surface area contributed by atoms with E-state index >= 15 is 0 Å². The molecule has 1 saturated heterocycles. The second-order valence-corrected chi connectivity index (χ2v) is 15.0. The van der Waals surface area contributed by atoms with Crippen LogP contribution in [0.15, 0.2) is 90.5 Å². The summed E-state index contributed by atoms with van der Waals surface area (Å²) in [6.07, 6.45) is 9.29. The zero-order valence-corrected chi connectivity index (χ0v) is 33.9. The van der Waals surface area contributed by atoms with E-state index in [1.165, 1.54) is 28.5 Å². The summed E-state index contributed by atoms with van der Waals surface area (Å²) in [5, 5.41) is 9.13. The summed E-state index contributed by atoms with van der Waals surface area (Å²) in [6, 6.07) is 13.4. The molecule has 6 aromatic rings. The van der Waals surface area contributed by atoms with Crippen LogP contribution in [0.2, 0.25) is 0 Å². The molecule has 0 radical (unpaired) electrons. The smallest absolute Gasteiger partial charge is 0.291 e. The fourth-order valence-electron chi connectivity index (χ4n) is 7.51. The van der Waals surface area contributed by atoms with E-state index in [0.717, 1.165) is 11.0 Å². The first-order valence-electron chi connectivity index (χ1n) is 19.3. The van der Waals surface area contributed by atoms with Gasteiger partial charge in [-0.05, 0) is 55.3 Å². The quantitative estimate of drug-likeness (QED) is 0.0731. The molecule has 18 heteroatoms. The van der Waals surface area contributed by atoms with Crippen LogP contribution in [0, 0.1) is 0 Å². The van der Waals surface area contributed by atoms with Gasteiger partial charge in [-0.25, -0.2) is 4.98 Å². The largest absolute Gasteiger partial charge is 0.493 e. The molecule has 1 fully saturated rings. The Kier molecular flexibility index (Phi) is 10.5. The van der Waals surface area contributed by atoms with Gasteiger partial charge in [-0.2, -0.15) is 0 Å². The number of imidazole rings is 1. The minimum absolute atomic E-state index is 0.0238. The molecule has 5 N–H and O–H groups in total. The van der Waals surface area contributed by atoms with E-state index < -0.39 is 11.8 Å². The summed E-state index contributed by atoms with van der Waals surface area (Å²) in [5.74, 6) is -0.803. The average molecular weight is 826 g/mol. The fraction of sp³-hybridized carbons (Fsp3) is 0.233. The number of anilines is 4. The third kappa shape index (κ3) is 7.97. The first kappa shape index (κ1) is 39.9. The molecular formula is C43H43N11O7. The number of nitrogens with two attached hydrogens (primary N) is 1. The highest BCUT2D eigenvalue weighted by Crippen LogP contribution is 2.38. The number of aliphatic imine (C=N–C) groups is 1. The highest BCUT2D eigenvalue weighted by atomic mass is 16.5. The minimum Gasteiger partial charge on any atom is -0.493 e. The van der Waals surface area contributed by atoms with Crippen molar-refractivity contribution >= 4 is 75.2 Å². The lowest BCUT2D eigenvalue weighted by molar-refractivity contribution is -0.116. The van der Waals surface area contributed by atoms with Crippen molar-refractivity contribution < 1.29 is 33.4 Å². The Morgan fingerprint density at radius 3 is 2.39 bits per heavy atom. The van der Waals surface area contributed by atoms with Gasteiger partial charge in [0.1, 0.15) is 11.4 Å². The zero-order chi connectivity index (χ0) is 43.1. The second-order valence-electron chi connectivity index (χ2n) is 15.0. The Bertz CT molecular complexity index is 2820. The molecule has 2 aliphatic heterocycles. The number of rotatable bonds is 12. The van der Waals surface area contributed by atoms with Crippen LogP contribution in [0.25, 0.3) is 10.9 Å². The van der Waals surface area contributed by atoms with Crippen molar-refractivity contribution in [2.45, 2.75) is 25.3 Å². The number of carbonyl (C=O) groups is 5. The highest BCUT2D eigenvalue weighted by Gasteiger charge is 2.34. The van der Waals surface area contributed by atoms with Crippen molar-refractivity contribution in [2.75, 3.05) is 41.9 Å². The summed E-state index contributed by atoms with van der Waals surface area (Å²) in [5.41, 5.74) is 10.4. The molecule has 2 aromatic carbocycles. The van der Waals surface area contributed by atoms with E-state index in [1.54, 1.807) is 96.4 Å². The first-order chi connectivity index (χ1) is 29.3. The zero-order valence-electron chi connectivity index (χ0n) is 33.9. The molecule has 2 aliphatic rings. The Hall–Kier alpha value is -7.89. The van der Waals surface area contributed by atoms with Gasteiger partial charge in [-0.3, -0.25) is 33.5 Å². The van der Waals surface area contributed by atoms with Gasteiger partial charge < -0.3 is 49.8 Å². The van der Waals surface area contributed by atoms with Crippen molar-refractivity contribution in [3.63, 3.8) is 0 Å². The monoisotopic (exact) mass is 825 g/mol. The molecule has 1 atom stereocenters. The van der Waals surface area contributed by atoms with E-state index in [4.69, 9.17) is 15.2 Å². The number of fused-ring (bicyclic) bond motifs is 3. The number of hydrogen-bond acceptors (Lipinski definition) is 10. The number of amides is 4. The van der Waals surface area contributed by atoms with Gasteiger partial charge in [0.05, 0.1) is 47.9 Å². The first-order valence-corrected chi connectivity index (χ1v) is 19.3. The summed E-state index contributed by atoms with van der Waals surface area (Å²) in [7, 11) is 6.48. The lowest BCUT2D eigenvalue weighted by Crippen LogP contribution is -2.35. The normalized spacial score (nSPS) is 14.4. The van der Waals surface area contributed by atoms with Crippen LogP contribution in [-0.2, 0) is 25.9 Å². The number of methoxy groups -OCH3 is 1. The van der Waals surface area contributed by atoms with Crippen LogP contribution in [0.3, 0.4) is 0 Å². The summed E-state index contributed by atoms with van der Waals surface area (Å²) < 4.78 is 17.7. The minimum atomic E-state index is -0.563. The van der Waals surface area contributed by atoms with Crippen LogP contribution in [0.5, 0.6) is 11.5 Å². The topological polar surface area (TPSA) is 214 Å². The SMILES string of the molecule is C=C1CC2C=Nc3cc(OCCCC(=O)Nc4cn(C)c(C(=O)Nc5cc(C(=O)Nc6cc(C(=O)n7ccc8cc(N)ccc87)n(C)c6)n(C)c5)n4)c(OC)cc3C(=O)N2C1. The molecule has 0 saturated carbocycles. The highest BCUT2D eigenvalue weighted by molar-refractivity contribution is 6.08. The molecule has 0 spiro atoms. The van der Waals surface area contributed by atoms with E-state index in [9.17, 15) is 24.0 Å². The number of nitrogens with one attached hydrogen (secondary N) is 3. The van der Waals surface area contributed by atoms with Crippen molar-refractivity contribution in [1.82, 2.24) is 28.2 Å². The molecule has 4 aromatic heterocycles. The van der Waals surface area contributed by atoms with Crippen LogP contribution < -0.4 is 31.2 Å². The Labute approximate surface area is 349 Å². The van der Waals surface area contributed by atoms with Crippen LogP contribution in [0.1, 0.15) is 61.2 Å². The maximum Gasteiger partial charge on any atom is 0.291 e. The molecule has 4 amide bonds. The average Bonchev–Trinajstić information content (AvgIpc) is 4.05. The van der Waals surface area contributed by atoms with Gasteiger partial charge in [0.2, 0.25) is 11.7 Å². The predicted molar refractivity (Wildman–Crippen MR) is 229 cm³/mol. The molecule has 6 heterocycles. The molecule has 1 unspecified atom stereocenters. The molecule has 18 nitrogen and oxygen atoms in total. The molecule has 312 valence electrons. The number of benzene rings is 2. The van der Waals surface area contributed by atoms with Crippen molar-refractivity contribution in [3.8, 4) is 11.5 Å². The fourth-order valence-corrected chi connectivity index (χ4v) is 7.51. The van der Waals surface area contributed by atoms with Gasteiger partial charge in [-0.15, -0.1) is 0 Å². The summed E-state index contributed by atoms with van der Waals surface area (Å²) in [4.78, 5) is 76.8. The number of nitrogen functional groups attached to an aromatic ring is 1. The molecule has 0 aliphatic carbocycles. The number of aromatic nitrogens is 5. The third-order valence-corrected chi connectivity index (χ3v) is 10.5. The van der Waals surface area contributed by atoms with Gasteiger partial charge in [0.25, 0.3) is 23.6 Å². The van der Waals surface area contributed by atoms with E-state index in [0.29, 0.717) is 70.4 Å². The molecule has 61 heavy (non-hydrogen) atoms. The summed E-state index contributed by atoms with van der Waals surface area (Å²) >= 11 is 0. The van der Waals surface area contributed by atoms with Gasteiger partial charge >= 0.3 is 0 Å². The van der Waals surface area contributed by atoms with Crippen LogP contribution in [0.4, 0.5) is 28.6 Å². The number of nitrogens with zero attached hydrogens (tertiary/aromatic N) is 7. The Morgan fingerprint density at radius 1 is 0.885 bits per heavy atom. The van der Waals surface area contributed by atoms with Gasteiger partial charge in [0, 0.05) is 82.3 Å². The van der Waals surface area contributed by atoms with Crippen molar-refractivity contribution in [2.24, 2.45) is 26.1 Å². The molecule has 8 rings (SSSR count). The van der Waals surface area contributed by atoms with E-state index in [2.05, 4.69) is 32.5 Å². The van der Waals surface area contributed by atoms with Crippen molar-refractivity contribution in [1.29, 1.82) is 0 Å². The lowest BCUT2D eigenvalue weighted by atomic mass is 10.1. The van der Waals surface area contributed by atoms with Crippen LogP contribution in [-0.4, -0.2) is 90.2 Å². The number of hydrogen-bond donors (Lipinski definition) is 4. The standard InChI is InChI=1S/C43H43N11O7/c1-24-13-29-19-45-31-18-36(35(60-5)17-30(31)42(58)54(29)20-24)61-12-6-7-38(55)48-37-23-52(4)39(49-37)41(57)47-27-15-33(50(2)21-27)40(56)46-28-16-34(51(3)22-28)43(59)53-11-10-25-14-26(44)8-9-32(25)53/h8-11,14-19,21-23,29H,1,6-7,12-13,20,44H2,2-5H3,(H,46,56)(H,47,57)(H,48,55). The van der Waals surface area contributed by atoms with Crippen molar-refractivity contribution in [3.05, 3.63) is 108 Å². The number of carbonyl (C=O) groups excluding carboxylic acids is 5. The Balaban J connectivity index is 0.836. The summed E-state index contributed by atoms with van der Waals surface area (Å²) in [6.45, 7) is 4.67. The van der Waals surface area contributed by atoms with E-state index in [-0.39, 0.29) is 54.1 Å². The predicted octanol–water partition coefficient (Wildman–Crippen LogP) is 5.12. The van der Waals surface area contributed by atoms with Crippen LogP contribution >= 0.6 is 0 Å². The maximum absolute atomic E-state index is 13.4. The maximum atomic E-state index is 13.4.